The summed E-state index contributed by atoms with van der Waals surface area (Å²) in [5, 5.41) is 0. The van der Waals surface area contributed by atoms with Crippen molar-refractivity contribution in [1.29, 1.82) is 0 Å². The van der Waals surface area contributed by atoms with Crippen LogP contribution >= 0.6 is 0 Å². The van der Waals surface area contributed by atoms with Crippen molar-refractivity contribution in [2.45, 2.75) is 0 Å². The van der Waals surface area contributed by atoms with Crippen molar-refractivity contribution in [2.75, 3.05) is 0 Å². The van der Waals surface area contributed by atoms with Crippen LogP contribution in [0.15, 0.2) is 0 Å². The first-order valence-electron chi connectivity index (χ1n) is 25.7. The third-order valence-corrected chi connectivity index (χ3v) is 16.4. The predicted molar refractivity (Wildman–Crippen MR) is 449 cm³/mol. The van der Waals surface area contributed by atoms with E-state index in [0.717, 1.165) is 0 Å². The van der Waals surface area contributed by atoms with E-state index in [9.17, 15) is 0 Å². The van der Waals surface area contributed by atoms with Crippen LogP contribution in [-0.2, 0) is 0 Å². The summed E-state index contributed by atoms with van der Waals surface area (Å²) in [6.45, 7) is 0. The van der Waals surface area contributed by atoms with Crippen molar-refractivity contribution >= 4 is 552 Å². The van der Waals surface area contributed by atoms with E-state index in [1.54, 1.807) is 0 Å². The van der Waals surface area contributed by atoms with Crippen LogP contribution in [0.5, 0.6) is 0 Å². The fourth-order valence-electron chi connectivity index (χ4n) is 13.9. The van der Waals surface area contributed by atoms with Gasteiger partial charge in [-0.25, -0.2) is 6.39 Å². The zero-order valence-corrected chi connectivity index (χ0v) is 45.0. The Morgan fingerprint density at radius 1 is 0.103 bits per heavy atom. The molecule has 78 heavy (non-hydrogen) atoms. The second kappa shape index (κ2) is 38.0. The van der Waals surface area contributed by atoms with Gasteiger partial charge in [-0.15, -0.1) is 0 Å². The molecule has 0 unspecified atom stereocenters. The lowest BCUT2D eigenvalue weighted by atomic mass is 8.20. The first-order valence-corrected chi connectivity index (χ1v) is 25.7. The lowest BCUT2D eigenvalue weighted by Gasteiger charge is -2.62. The van der Waals surface area contributed by atoms with Crippen LogP contribution in [0.1, 0.15) is 0 Å². The molecular formula is B78-. The predicted octanol–water partition coefficient (Wildman–Crippen LogP) is -29.7. The van der Waals surface area contributed by atoms with Gasteiger partial charge in [-0.2, -0.15) is 0 Å². The van der Waals surface area contributed by atoms with Crippen LogP contribution < -0.4 is 0 Å². The van der Waals surface area contributed by atoms with Crippen molar-refractivity contribution in [3.05, 3.63) is 0 Å². The van der Waals surface area contributed by atoms with E-state index in [1.807, 2.05) is 0 Å². The van der Waals surface area contributed by atoms with E-state index in [0.29, 0.717) is 0 Å². The number of rotatable bonds is 37. The Morgan fingerprint density at radius 2 is 0.167 bits per heavy atom. The zero-order chi connectivity index (χ0) is 61.9. The van der Waals surface area contributed by atoms with E-state index in [1.165, 1.54) is 0 Å². The Bertz CT molecular complexity index is 1160. The maximum absolute atomic E-state index is 6.88. The molecule has 0 saturated carbocycles. The average Bonchev–Trinajstić information content (AvgIpc) is 3.20. The van der Waals surface area contributed by atoms with Gasteiger partial charge in [-0.1, -0.05) is 0 Å². The Hall–Kier alpha value is 5.06. The molecule has 235 valence electrons. The van der Waals surface area contributed by atoms with Gasteiger partial charge in [0.1, 0.15) is 0 Å². The largest absolute Gasteiger partial charge is 0.687 e. The minimum absolute atomic E-state index is 1.57. The molecule has 0 aliphatic carbocycles. The lowest BCUT2D eigenvalue weighted by Crippen LogP contribution is -2.99. The van der Waals surface area contributed by atoms with Gasteiger partial charge in [0.25, 0.3) is 0 Å². The summed E-state index contributed by atoms with van der Waals surface area (Å²) in [5.74, 6) is 0. The van der Waals surface area contributed by atoms with Gasteiger partial charge >= 0.3 is 0 Å². The van der Waals surface area contributed by atoms with Crippen molar-refractivity contribution in [3.8, 4) is 0 Å². The Balaban J connectivity index is 12.5. The van der Waals surface area contributed by atoms with Gasteiger partial charge < -0.3 is 7.74 Å². The van der Waals surface area contributed by atoms with E-state index >= 15 is 0 Å². The molecule has 0 heterocycles. The summed E-state index contributed by atoms with van der Waals surface area (Å²) >= 11 is 0. The zero-order valence-electron chi connectivity index (χ0n) is 45.0. The molecule has 0 aromatic rings. The molecule has 0 fully saturated rings. The van der Waals surface area contributed by atoms with Gasteiger partial charge in [0, 0.05) is 124 Å². The summed E-state index contributed by atoms with van der Waals surface area (Å²) in [6.07, 6.45) is -63.1. The molecule has 0 bridgehead atoms. The molecular weight excluding hydrogens is 843 g/mol. The highest BCUT2D eigenvalue weighted by molar-refractivity contribution is 8.41. The Kier molecular flexibility index (Phi) is 40.5. The van der Waals surface area contributed by atoms with Crippen molar-refractivity contribution in [1.82, 2.24) is 0 Å². The molecule has 0 nitrogen and oxygen atoms in total. The van der Waals surface area contributed by atoms with Crippen LogP contribution in [0, 0.1) is 0 Å². The standard InChI is InChI=1S/B78/c1-41(2)61(42(3)4)71(62(43(5)6)44(7)8)76(72(63(45(9)10)46(11)12)64(47(13)14)48(15)16)78(75(69(57(33)34)58(35)36)70(59(37)38)60(39)40)77(73(65(49(17)18)50(19)20)66(51(21)22)52(23)24)74(67(53(25)26)54(27)28)68(55(29)30)56(31)32/q-1. The van der Waals surface area contributed by atoms with Crippen LogP contribution in [0.4, 0.5) is 0 Å². The Labute approximate surface area is 546 Å². The first kappa shape index (κ1) is 83.1. The third-order valence-electron chi connectivity index (χ3n) is 16.4. The molecule has 81 radical (unpaired) electrons. The molecule has 0 aromatic carbocycles. The molecule has 0 aromatic heterocycles. The lowest BCUT2D eigenvalue weighted by molar-refractivity contribution is 3.14. The maximum atomic E-state index is 6.88. The van der Waals surface area contributed by atoms with Crippen molar-refractivity contribution in [2.24, 2.45) is 0 Å². The molecule has 0 N–H and O–H groups in total. The molecule has 0 saturated heterocycles. The minimum Gasteiger partial charge on any atom is -0.687 e. The van der Waals surface area contributed by atoms with E-state index in [4.69, 9.17) is 309 Å². The van der Waals surface area contributed by atoms with Gasteiger partial charge in [0.15, 0.2) is 0 Å². The normalized spacial score (nSPS) is 9.81. The van der Waals surface area contributed by atoms with Crippen LogP contribution in [0.3, 0.4) is 0 Å². The minimum atomic E-state index is -1.89. The monoisotopic (exact) mass is 859 g/mol. The number of hydrogen-bond acceptors (Lipinski definition) is 0. The number of hydrogen-bond donors (Lipinski definition) is 0. The molecule has 0 amide bonds. The van der Waals surface area contributed by atoms with Gasteiger partial charge in [0.2, 0.25) is 0 Å². The topological polar surface area (TPSA) is 0 Å². The molecule has 78 heteroatoms. The van der Waals surface area contributed by atoms with E-state index in [2.05, 4.69) is 0 Å². The fourth-order valence-corrected chi connectivity index (χ4v) is 13.9. The van der Waals surface area contributed by atoms with Crippen LogP contribution in [0.25, 0.3) is 0 Å². The van der Waals surface area contributed by atoms with Gasteiger partial charge in [-0.3, -0.25) is 0 Å². The first-order chi connectivity index (χ1) is 35.4. The van der Waals surface area contributed by atoms with Gasteiger partial charge in [-0.05, 0) is 414 Å². The highest BCUT2D eigenvalue weighted by atomic mass is 13.5. The summed E-state index contributed by atoms with van der Waals surface area (Å²) < 4.78 is 0. The summed E-state index contributed by atoms with van der Waals surface area (Å²) in [4.78, 5) is 0. The van der Waals surface area contributed by atoms with Crippen molar-refractivity contribution in [3.63, 3.8) is 0 Å². The third kappa shape index (κ3) is 22.2. The van der Waals surface area contributed by atoms with Gasteiger partial charge in [0.05, 0.1) is 0 Å². The Morgan fingerprint density at radius 3 is 0.231 bits per heavy atom. The van der Waals surface area contributed by atoms with E-state index in [-0.39, 0.29) is 0 Å². The average molecular weight is 843 g/mol. The highest BCUT2D eigenvalue weighted by Gasteiger charge is 2.65. The SMILES string of the molecule is [B]B([B])B(B([B])[B])B(B(B([B])[B])B([B])[B])B(B(B(B([B])[B])B([B])[B])B(B([B])[B])B([B])[B])B(B(B(B([B])[B])B([B])[B])B(B([B])[B])B([B])[B])B(B(B(B([B])[B])B([B])[B])B(B([B])[B])B([B])[B])B(B(B([B])[B])B([B])[B])B(B([B])[B])B([B])[B-]. The molecule has 0 aliphatic heterocycles. The molecule has 0 aliphatic rings. The summed E-state index contributed by atoms with van der Waals surface area (Å²) in [7, 11) is 274. The fraction of sp³-hybridized carbons (Fsp3) is 0. The summed E-state index contributed by atoms with van der Waals surface area (Å²) in [6, 6.07) is 0. The summed E-state index contributed by atoms with van der Waals surface area (Å²) in [5.41, 5.74) is 0. The maximum Gasteiger partial charge on any atom is 0 e. The quantitative estimate of drug-likeness (QED) is 0.0547. The second-order valence-corrected chi connectivity index (χ2v) is 21.9. The smallest absolute Gasteiger partial charge is 0 e. The molecule has 0 atom stereocenters. The second-order valence-electron chi connectivity index (χ2n) is 21.9. The molecule has 0 spiro atoms. The highest BCUT2D eigenvalue weighted by Crippen LogP contribution is 2.27. The van der Waals surface area contributed by atoms with E-state index < -0.39 is 243 Å². The van der Waals surface area contributed by atoms with Crippen molar-refractivity contribution < 1.29 is 0 Å². The van der Waals surface area contributed by atoms with Crippen LogP contribution in [-0.4, -0.2) is 552 Å². The van der Waals surface area contributed by atoms with Crippen LogP contribution in [0.2, 0.25) is 0 Å². The molecule has 0 rings (SSSR count).